The highest BCUT2D eigenvalue weighted by atomic mass is 16.6. The number of para-hydroxylation sites is 1. The Morgan fingerprint density at radius 2 is 2.00 bits per heavy atom. The Kier molecular flexibility index (Phi) is 7.54. The number of hydrogen-bond donors (Lipinski definition) is 2. The van der Waals surface area contributed by atoms with Gasteiger partial charge in [-0.15, -0.1) is 10.2 Å². The number of aromatic nitrogens is 4. The van der Waals surface area contributed by atoms with Crippen molar-refractivity contribution in [2.24, 2.45) is 5.73 Å². The van der Waals surface area contributed by atoms with E-state index in [1.54, 1.807) is 48.7 Å². The van der Waals surface area contributed by atoms with Crippen LogP contribution in [0, 0.1) is 0 Å². The fourth-order valence-corrected chi connectivity index (χ4v) is 3.66. The fraction of sp³-hybridized carbons (Fsp3) is 0.360. The van der Waals surface area contributed by atoms with Crippen molar-refractivity contribution in [3.05, 3.63) is 71.8 Å². The average molecular weight is 464 g/mol. The van der Waals surface area contributed by atoms with Gasteiger partial charge < -0.3 is 14.2 Å². The summed E-state index contributed by atoms with van der Waals surface area (Å²) in [4.78, 5) is 13.3. The van der Waals surface area contributed by atoms with E-state index in [2.05, 4.69) is 27.5 Å². The molecule has 0 fully saturated rings. The van der Waals surface area contributed by atoms with Crippen molar-refractivity contribution in [3.8, 4) is 17.2 Å². The summed E-state index contributed by atoms with van der Waals surface area (Å²) in [6.07, 6.45) is 11.0. The Balaban J connectivity index is 1.40. The first-order valence-corrected chi connectivity index (χ1v) is 11.5. The third kappa shape index (κ3) is 5.43. The molecule has 0 amide bonds. The number of nitrogens with zero attached hydrogens (tertiary/aromatic N) is 3. The molecule has 0 spiro atoms. The maximum Gasteiger partial charge on any atom is 0.257 e. The number of aromatic amines is 1. The first-order valence-electron chi connectivity index (χ1n) is 11.5. The zero-order chi connectivity index (χ0) is 23.8. The summed E-state index contributed by atoms with van der Waals surface area (Å²) < 4.78 is 17.4. The second-order valence-corrected chi connectivity index (χ2v) is 8.19. The summed E-state index contributed by atoms with van der Waals surface area (Å²) in [5.74, 6) is 1.23. The second-order valence-electron chi connectivity index (χ2n) is 8.19. The summed E-state index contributed by atoms with van der Waals surface area (Å²) in [7, 11) is 0. The summed E-state index contributed by atoms with van der Waals surface area (Å²) in [6.45, 7) is 2.20. The van der Waals surface area contributed by atoms with Gasteiger partial charge in [0.05, 0.1) is 11.8 Å². The standard InChI is InChI=1S/C25H29N5O4/c1-2-3-4-5-6-7-8-16-32-19-14-12-18(13-15-19)22(31)20-10-9-11-21-23(20)34-25(26,17-33-21)24-27-29-30-28-24/h8-16H,2-7,17,26H2,1H3,(H,27,28,29,30)/b16-8+. The quantitative estimate of drug-likeness (QED) is 0.245. The molecule has 0 saturated carbocycles. The number of carbonyl (C=O) groups is 1. The van der Waals surface area contributed by atoms with Gasteiger partial charge in [0.25, 0.3) is 5.72 Å². The molecule has 0 radical (unpaired) electrons. The molecule has 1 unspecified atom stereocenters. The summed E-state index contributed by atoms with van der Waals surface area (Å²) in [6, 6.07) is 12.1. The van der Waals surface area contributed by atoms with Crippen LogP contribution in [0.4, 0.5) is 0 Å². The van der Waals surface area contributed by atoms with E-state index in [1.807, 2.05) is 6.08 Å². The van der Waals surface area contributed by atoms with Crippen molar-refractivity contribution in [1.29, 1.82) is 0 Å². The van der Waals surface area contributed by atoms with Crippen molar-refractivity contribution >= 4 is 5.78 Å². The lowest BCUT2D eigenvalue weighted by Crippen LogP contribution is -2.51. The number of nitrogens with one attached hydrogen (secondary N) is 1. The van der Waals surface area contributed by atoms with Crippen LogP contribution in [-0.2, 0) is 5.72 Å². The zero-order valence-electron chi connectivity index (χ0n) is 19.2. The van der Waals surface area contributed by atoms with E-state index in [4.69, 9.17) is 19.9 Å². The van der Waals surface area contributed by atoms with E-state index in [0.29, 0.717) is 22.6 Å². The minimum absolute atomic E-state index is 0.0184. The topological polar surface area (TPSA) is 125 Å². The Morgan fingerprint density at radius 3 is 2.76 bits per heavy atom. The second kappa shape index (κ2) is 10.9. The molecule has 1 aliphatic heterocycles. The smallest absolute Gasteiger partial charge is 0.257 e. The number of rotatable bonds is 11. The van der Waals surface area contributed by atoms with Gasteiger partial charge in [-0.25, -0.2) is 0 Å². The molecule has 0 bridgehead atoms. The highest BCUT2D eigenvalue weighted by molar-refractivity contribution is 6.11. The Labute approximate surface area is 198 Å². The van der Waals surface area contributed by atoms with Crippen LogP contribution in [0.2, 0.25) is 0 Å². The minimum atomic E-state index is -1.46. The normalized spacial score (nSPS) is 17.1. The Morgan fingerprint density at radius 1 is 1.18 bits per heavy atom. The molecule has 1 aromatic heterocycles. The molecule has 3 N–H and O–H groups in total. The predicted molar refractivity (Wildman–Crippen MR) is 126 cm³/mol. The Bertz CT molecular complexity index is 1110. The van der Waals surface area contributed by atoms with E-state index in [9.17, 15) is 4.79 Å². The van der Waals surface area contributed by atoms with Crippen molar-refractivity contribution < 1.29 is 19.0 Å². The summed E-state index contributed by atoms with van der Waals surface area (Å²) in [5.41, 5.74) is 5.65. The van der Waals surface area contributed by atoms with E-state index >= 15 is 0 Å². The lowest BCUT2D eigenvalue weighted by molar-refractivity contribution is -0.0154. The number of unbranched alkanes of at least 4 members (excludes halogenated alkanes) is 5. The van der Waals surface area contributed by atoms with Gasteiger partial charge in [0.1, 0.15) is 12.4 Å². The van der Waals surface area contributed by atoms with Crippen molar-refractivity contribution in [1.82, 2.24) is 20.6 Å². The molecule has 1 aliphatic rings. The number of hydrogen-bond acceptors (Lipinski definition) is 8. The molecule has 178 valence electrons. The van der Waals surface area contributed by atoms with Crippen LogP contribution in [0.5, 0.6) is 17.2 Å². The predicted octanol–water partition coefficient (Wildman–Crippen LogP) is 4.27. The van der Waals surface area contributed by atoms with Crippen LogP contribution in [0.15, 0.2) is 54.8 Å². The summed E-state index contributed by atoms with van der Waals surface area (Å²) >= 11 is 0. The number of ether oxygens (including phenoxy) is 3. The molecular formula is C25H29N5O4. The molecule has 4 rings (SSSR count). The monoisotopic (exact) mass is 463 g/mol. The minimum Gasteiger partial charge on any atom is -0.483 e. The SMILES string of the molecule is CCCCCCC/C=C/Oc1ccc(C(=O)c2cccc3c2OC(N)(c2nn[nH]n2)CO3)cc1. The van der Waals surface area contributed by atoms with Gasteiger partial charge in [-0.05, 0) is 60.5 Å². The molecule has 1 atom stereocenters. The number of carbonyl (C=O) groups excluding carboxylic acids is 1. The van der Waals surface area contributed by atoms with Gasteiger partial charge >= 0.3 is 0 Å². The highest BCUT2D eigenvalue weighted by Gasteiger charge is 2.41. The number of H-pyrrole nitrogens is 1. The van der Waals surface area contributed by atoms with Gasteiger partial charge in [0.2, 0.25) is 5.82 Å². The van der Waals surface area contributed by atoms with Crippen LogP contribution in [0.1, 0.15) is 67.2 Å². The largest absolute Gasteiger partial charge is 0.483 e. The maximum absolute atomic E-state index is 13.3. The van der Waals surface area contributed by atoms with Crippen LogP contribution in [-0.4, -0.2) is 33.0 Å². The van der Waals surface area contributed by atoms with Crippen molar-refractivity contribution in [3.63, 3.8) is 0 Å². The third-order valence-electron chi connectivity index (χ3n) is 5.56. The van der Waals surface area contributed by atoms with Crippen LogP contribution in [0.3, 0.4) is 0 Å². The van der Waals surface area contributed by atoms with Crippen LogP contribution < -0.4 is 19.9 Å². The molecule has 3 aromatic rings. The number of ketones is 1. The van der Waals surface area contributed by atoms with E-state index in [0.717, 1.165) is 12.8 Å². The van der Waals surface area contributed by atoms with Crippen LogP contribution >= 0.6 is 0 Å². The molecule has 9 heteroatoms. The van der Waals surface area contributed by atoms with E-state index < -0.39 is 5.72 Å². The first kappa shape index (κ1) is 23.4. The molecule has 9 nitrogen and oxygen atoms in total. The molecule has 0 saturated heterocycles. The van der Waals surface area contributed by atoms with E-state index in [-0.39, 0.29) is 24.0 Å². The lowest BCUT2D eigenvalue weighted by Gasteiger charge is -2.33. The Hall–Kier alpha value is -3.72. The van der Waals surface area contributed by atoms with Gasteiger partial charge in [0, 0.05) is 5.56 Å². The molecule has 2 heterocycles. The molecule has 2 aromatic carbocycles. The number of tetrazole rings is 1. The van der Waals surface area contributed by atoms with Crippen LogP contribution in [0.25, 0.3) is 0 Å². The van der Waals surface area contributed by atoms with Gasteiger partial charge in [-0.3, -0.25) is 10.5 Å². The molecular weight excluding hydrogens is 434 g/mol. The highest BCUT2D eigenvalue weighted by Crippen LogP contribution is 2.40. The molecule has 34 heavy (non-hydrogen) atoms. The number of allylic oxidation sites excluding steroid dienone is 1. The average Bonchev–Trinajstić information content (AvgIpc) is 3.41. The van der Waals surface area contributed by atoms with E-state index in [1.165, 1.54) is 25.7 Å². The van der Waals surface area contributed by atoms with Crippen molar-refractivity contribution in [2.45, 2.75) is 51.2 Å². The van der Waals surface area contributed by atoms with Gasteiger partial charge in [-0.2, -0.15) is 5.21 Å². The first-order chi connectivity index (χ1) is 16.6. The maximum atomic E-state index is 13.3. The zero-order valence-corrected chi connectivity index (χ0v) is 19.2. The lowest BCUT2D eigenvalue weighted by atomic mass is 10.0. The number of fused-ring (bicyclic) bond motifs is 1. The molecule has 0 aliphatic carbocycles. The number of nitrogens with two attached hydrogens (primary N) is 1. The van der Waals surface area contributed by atoms with Gasteiger partial charge in [-0.1, -0.05) is 38.7 Å². The summed E-state index contributed by atoms with van der Waals surface area (Å²) in [5, 5.41) is 13.7. The van der Waals surface area contributed by atoms with Crippen molar-refractivity contribution in [2.75, 3.05) is 6.61 Å². The third-order valence-corrected chi connectivity index (χ3v) is 5.56. The van der Waals surface area contributed by atoms with Gasteiger partial charge in [0.15, 0.2) is 17.3 Å². The number of benzene rings is 2. The fourth-order valence-electron chi connectivity index (χ4n) is 3.66.